The number of hydrogen-bond acceptors (Lipinski definition) is 3. The largest absolute Gasteiger partial charge is 0.389 e. The first kappa shape index (κ1) is 12.4. The fraction of sp³-hybridized carbons (Fsp3) is 0.733. The molecule has 0 radical (unpaired) electrons. The molecule has 3 heteroatoms. The van der Waals surface area contributed by atoms with Crippen molar-refractivity contribution in [3.8, 4) is 0 Å². The summed E-state index contributed by atoms with van der Waals surface area (Å²) in [4.78, 5) is 0. The zero-order valence-corrected chi connectivity index (χ0v) is 10.9. The first-order chi connectivity index (χ1) is 8.70. The van der Waals surface area contributed by atoms with E-state index in [0.29, 0.717) is 17.8 Å². The van der Waals surface area contributed by atoms with Gasteiger partial charge in [-0.25, -0.2) is 0 Å². The minimum Gasteiger partial charge on any atom is -0.389 e. The minimum absolute atomic E-state index is 0.0962. The van der Waals surface area contributed by atoms with Crippen LogP contribution in [0.5, 0.6) is 0 Å². The highest BCUT2D eigenvalue weighted by molar-refractivity contribution is 5.14. The number of hydrogen-bond donors (Lipinski definition) is 1. The van der Waals surface area contributed by atoms with Gasteiger partial charge in [0.1, 0.15) is 0 Å². The van der Waals surface area contributed by atoms with Crippen molar-refractivity contribution in [3.63, 3.8) is 0 Å². The standard InChI is InChI=1S/C15H22O3/c1-3-10-5-4-8-15(17-2)14(10)12-9-11(16)6-7-13(12)18-15/h3,6-7,10-14,16H,1,4-5,8-9H2,2H3/t10-,11-,12-,13+,14-,15-/m1/s1. The Morgan fingerprint density at radius 1 is 1.50 bits per heavy atom. The summed E-state index contributed by atoms with van der Waals surface area (Å²) < 4.78 is 12.0. The molecule has 0 aromatic heterocycles. The van der Waals surface area contributed by atoms with Crippen molar-refractivity contribution in [2.75, 3.05) is 7.11 Å². The van der Waals surface area contributed by atoms with Gasteiger partial charge in [-0.1, -0.05) is 18.2 Å². The summed E-state index contributed by atoms with van der Waals surface area (Å²) in [6.07, 6.45) is 9.68. The molecule has 1 N–H and O–H groups in total. The van der Waals surface area contributed by atoms with Crippen LogP contribution in [0.25, 0.3) is 0 Å². The van der Waals surface area contributed by atoms with Crippen LogP contribution in [0, 0.1) is 17.8 Å². The Labute approximate surface area is 108 Å². The monoisotopic (exact) mass is 250 g/mol. The molecule has 0 aromatic carbocycles. The highest BCUT2D eigenvalue weighted by Crippen LogP contribution is 2.54. The molecule has 3 nitrogen and oxygen atoms in total. The van der Waals surface area contributed by atoms with Crippen LogP contribution in [0.2, 0.25) is 0 Å². The van der Waals surface area contributed by atoms with E-state index >= 15 is 0 Å². The van der Waals surface area contributed by atoms with E-state index in [1.807, 2.05) is 18.2 Å². The lowest BCUT2D eigenvalue weighted by Crippen LogP contribution is -2.45. The Bertz CT molecular complexity index is 365. The summed E-state index contributed by atoms with van der Waals surface area (Å²) in [6, 6.07) is 0. The molecule has 100 valence electrons. The number of methoxy groups -OCH3 is 1. The number of aliphatic hydroxyl groups is 1. The molecular weight excluding hydrogens is 228 g/mol. The molecular formula is C15H22O3. The first-order valence-electron chi connectivity index (χ1n) is 6.92. The molecule has 1 heterocycles. The van der Waals surface area contributed by atoms with Crippen molar-refractivity contribution in [2.24, 2.45) is 17.8 Å². The lowest BCUT2D eigenvalue weighted by atomic mass is 9.67. The third-order valence-corrected chi connectivity index (χ3v) is 4.94. The second-order valence-corrected chi connectivity index (χ2v) is 5.77. The van der Waals surface area contributed by atoms with Crippen LogP contribution in [0.3, 0.4) is 0 Å². The lowest BCUT2D eigenvalue weighted by Gasteiger charge is -2.42. The molecule has 6 atom stereocenters. The molecule has 0 aromatic rings. The van der Waals surface area contributed by atoms with E-state index in [9.17, 15) is 5.11 Å². The summed E-state index contributed by atoms with van der Waals surface area (Å²) in [5, 5.41) is 9.85. The molecule has 0 unspecified atom stereocenters. The lowest BCUT2D eigenvalue weighted by molar-refractivity contribution is -0.243. The van der Waals surface area contributed by atoms with Gasteiger partial charge in [-0.05, 0) is 25.2 Å². The third kappa shape index (κ3) is 1.68. The van der Waals surface area contributed by atoms with Gasteiger partial charge in [0, 0.05) is 25.4 Å². The summed E-state index contributed by atoms with van der Waals surface area (Å²) >= 11 is 0. The predicted octanol–water partition coefficient (Wildman–Crippen LogP) is 2.27. The van der Waals surface area contributed by atoms with Gasteiger partial charge in [0.25, 0.3) is 0 Å². The van der Waals surface area contributed by atoms with Crippen LogP contribution >= 0.6 is 0 Å². The molecule has 2 fully saturated rings. The molecule has 18 heavy (non-hydrogen) atoms. The van der Waals surface area contributed by atoms with Crippen LogP contribution < -0.4 is 0 Å². The quantitative estimate of drug-likeness (QED) is 0.764. The van der Waals surface area contributed by atoms with Crippen molar-refractivity contribution in [2.45, 2.75) is 43.7 Å². The zero-order valence-electron chi connectivity index (χ0n) is 10.9. The zero-order chi connectivity index (χ0) is 12.8. The summed E-state index contributed by atoms with van der Waals surface area (Å²) in [7, 11) is 1.75. The summed E-state index contributed by atoms with van der Waals surface area (Å²) in [6.45, 7) is 3.98. The normalized spacial score (nSPS) is 50.7. The van der Waals surface area contributed by atoms with Crippen molar-refractivity contribution in [1.82, 2.24) is 0 Å². The summed E-state index contributed by atoms with van der Waals surface area (Å²) in [5.41, 5.74) is 0. The van der Waals surface area contributed by atoms with Gasteiger partial charge in [-0.15, -0.1) is 6.58 Å². The van der Waals surface area contributed by atoms with E-state index in [-0.39, 0.29) is 12.2 Å². The molecule has 3 rings (SSSR count). The molecule has 3 aliphatic rings. The number of fused-ring (bicyclic) bond motifs is 3. The average Bonchev–Trinajstić information content (AvgIpc) is 2.73. The van der Waals surface area contributed by atoms with E-state index in [4.69, 9.17) is 9.47 Å². The van der Waals surface area contributed by atoms with Gasteiger partial charge in [-0.2, -0.15) is 0 Å². The molecule has 1 aliphatic heterocycles. The minimum atomic E-state index is -0.458. The van der Waals surface area contributed by atoms with Crippen molar-refractivity contribution < 1.29 is 14.6 Å². The van der Waals surface area contributed by atoms with Crippen molar-refractivity contribution in [1.29, 1.82) is 0 Å². The van der Waals surface area contributed by atoms with Crippen molar-refractivity contribution in [3.05, 3.63) is 24.8 Å². The second kappa shape index (κ2) is 4.48. The number of aliphatic hydroxyl groups excluding tert-OH is 1. The van der Waals surface area contributed by atoms with Gasteiger partial charge in [-0.3, -0.25) is 0 Å². The van der Waals surface area contributed by atoms with Gasteiger partial charge >= 0.3 is 0 Å². The molecule has 0 spiro atoms. The van der Waals surface area contributed by atoms with Crippen LogP contribution in [0.1, 0.15) is 25.7 Å². The first-order valence-corrected chi connectivity index (χ1v) is 6.92. The van der Waals surface area contributed by atoms with Crippen LogP contribution in [0.4, 0.5) is 0 Å². The highest BCUT2D eigenvalue weighted by atomic mass is 16.7. The van der Waals surface area contributed by atoms with E-state index in [2.05, 4.69) is 6.58 Å². The maximum atomic E-state index is 9.85. The molecule has 2 aliphatic carbocycles. The Morgan fingerprint density at radius 3 is 3.06 bits per heavy atom. The third-order valence-electron chi connectivity index (χ3n) is 4.94. The molecule has 1 saturated carbocycles. The second-order valence-electron chi connectivity index (χ2n) is 5.77. The van der Waals surface area contributed by atoms with Gasteiger partial charge < -0.3 is 14.6 Å². The van der Waals surface area contributed by atoms with Crippen LogP contribution in [0.15, 0.2) is 24.8 Å². The van der Waals surface area contributed by atoms with Crippen LogP contribution in [-0.4, -0.2) is 30.2 Å². The number of allylic oxidation sites excluding steroid dienone is 1. The molecule has 0 amide bonds. The Hall–Kier alpha value is -0.640. The summed E-state index contributed by atoms with van der Waals surface area (Å²) in [5.74, 6) is 0.667. The van der Waals surface area contributed by atoms with Crippen LogP contribution in [-0.2, 0) is 9.47 Å². The van der Waals surface area contributed by atoms with E-state index in [1.54, 1.807) is 7.11 Å². The van der Waals surface area contributed by atoms with E-state index in [1.165, 1.54) is 0 Å². The maximum absolute atomic E-state index is 9.85. The van der Waals surface area contributed by atoms with E-state index in [0.717, 1.165) is 25.7 Å². The Kier molecular flexibility index (Phi) is 3.08. The fourth-order valence-corrected chi connectivity index (χ4v) is 4.17. The highest BCUT2D eigenvalue weighted by Gasteiger charge is 2.58. The average molecular weight is 250 g/mol. The molecule has 0 bridgehead atoms. The Morgan fingerprint density at radius 2 is 2.33 bits per heavy atom. The van der Waals surface area contributed by atoms with Crippen molar-refractivity contribution >= 4 is 0 Å². The fourth-order valence-electron chi connectivity index (χ4n) is 4.17. The van der Waals surface area contributed by atoms with E-state index < -0.39 is 5.79 Å². The number of ether oxygens (including phenoxy) is 2. The Balaban J connectivity index is 1.96. The maximum Gasteiger partial charge on any atom is 0.172 e. The topological polar surface area (TPSA) is 38.7 Å². The predicted molar refractivity (Wildman–Crippen MR) is 68.9 cm³/mol. The van der Waals surface area contributed by atoms with Gasteiger partial charge in [0.2, 0.25) is 0 Å². The van der Waals surface area contributed by atoms with Gasteiger partial charge in [0.15, 0.2) is 5.79 Å². The number of rotatable bonds is 2. The smallest absolute Gasteiger partial charge is 0.172 e. The van der Waals surface area contributed by atoms with Gasteiger partial charge in [0.05, 0.1) is 12.2 Å². The SMILES string of the molecule is C=C[C@@H]1CCC[C@@]2(OC)O[C@H]3C=C[C@@H](O)C[C@H]3[C@@H]12. The molecule has 1 saturated heterocycles.